The van der Waals surface area contributed by atoms with Gasteiger partial charge >= 0.3 is 0 Å². The molecule has 0 aromatic heterocycles. The van der Waals surface area contributed by atoms with Crippen LogP contribution in [0.5, 0.6) is 0 Å². The molecule has 0 radical (unpaired) electrons. The van der Waals surface area contributed by atoms with Gasteiger partial charge in [-0.1, -0.05) is 68.5 Å². The van der Waals surface area contributed by atoms with Crippen LogP contribution in [0.3, 0.4) is 0 Å². The summed E-state index contributed by atoms with van der Waals surface area (Å²) in [7, 11) is 2.82. The average molecular weight is 353 g/mol. The van der Waals surface area contributed by atoms with Crippen LogP contribution in [0, 0.1) is 5.92 Å². The Morgan fingerprint density at radius 3 is 2.72 bits per heavy atom. The molecule has 0 aliphatic heterocycles. The molecule has 1 aliphatic rings. The number of allylic oxidation sites excluding steroid dienone is 5. The molecule has 2 heteroatoms. The molecule has 1 aliphatic carbocycles. The van der Waals surface area contributed by atoms with Crippen molar-refractivity contribution in [3.05, 3.63) is 77.9 Å². The first-order chi connectivity index (χ1) is 12.0. The van der Waals surface area contributed by atoms with Crippen LogP contribution < -0.4 is 5.73 Å². The van der Waals surface area contributed by atoms with Gasteiger partial charge in [-0.05, 0) is 60.5 Å². The summed E-state index contributed by atoms with van der Waals surface area (Å²) in [5, 5.41) is 0. The number of benzene rings is 1. The summed E-state index contributed by atoms with van der Waals surface area (Å²) in [6.07, 6.45) is 15.8. The first kappa shape index (κ1) is 19.7. The molecule has 0 amide bonds. The fraction of sp³-hybridized carbons (Fsp3) is 0.391. The van der Waals surface area contributed by atoms with E-state index in [1.807, 2.05) is 0 Å². The van der Waals surface area contributed by atoms with Crippen molar-refractivity contribution < 1.29 is 0 Å². The Hall–Kier alpha value is -1.59. The van der Waals surface area contributed by atoms with Gasteiger partial charge in [0.25, 0.3) is 0 Å². The Balaban J connectivity index is 2.33. The lowest BCUT2D eigenvalue weighted by Crippen LogP contribution is -2.13. The molecular formula is C23H32NP. The highest BCUT2D eigenvalue weighted by Gasteiger charge is 2.23. The third-order valence-electron chi connectivity index (χ3n) is 5.02. The average Bonchev–Trinajstić information content (AvgIpc) is 2.66. The SMILES string of the molecule is C=C(N)c1ccc2c(c1)C/C=C\C=C/C(C)C2C(=C)CCCCCP. The first-order valence-electron chi connectivity index (χ1n) is 9.33. The van der Waals surface area contributed by atoms with E-state index in [1.165, 1.54) is 42.1 Å². The standard InChI is InChI=1S/C23H32NP/c1-17-10-6-4-8-12-21-16-20(19(3)24)13-14-22(21)23(17)18(2)11-7-5-9-15-25/h4,6,8,10,13-14,16-17,23H,2-3,5,7,9,11-12,15,24-25H2,1H3/b8-4-,10-6-. The van der Waals surface area contributed by atoms with E-state index in [0.29, 0.717) is 17.5 Å². The lowest BCUT2D eigenvalue weighted by atomic mass is 9.77. The molecule has 1 aromatic carbocycles. The molecule has 2 N–H and O–H groups in total. The van der Waals surface area contributed by atoms with Gasteiger partial charge in [-0.15, -0.1) is 9.24 Å². The Morgan fingerprint density at radius 2 is 2.00 bits per heavy atom. The summed E-state index contributed by atoms with van der Waals surface area (Å²) in [4.78, 5) is 0. The fourth-order valence-corrected chi connectivity index (χ4v) is 3.90. The zero-order chi connectivity index (χ0) is 18.2. The Morgan fingerprint density at radius 1 is 1.20 bits per heavy atom. The Kier molecular flexibility index (Phi) is 7.72. The fourth-order valence-electron chi connectivity index (χ4n) is 3.61. The predicted molar refractivity (Wildman–Crippen MR) is 116 cm³/mol. The number of hydrogen-bond acceptors (Lipinski definition) is 1. The maximum absolute atomic E-state index is 5.92. The van der Waals surface area contributed by atoms with Gasteiger partial charge in [0, 0.05) is 11.6 Å². The summed E-state index contributed by atoms with van der Waals surface area (Å²) in [5.74, 6) is 0.796. The van der Waals surface area contributed by atoms with Crippen LogP contribution >= 0.6 is 9.24 Å². The van der Waals surface area contributed by atoms with Gasteiger partial charge in [0.2, 0.25) is 0 Å². The molecule has 3 atom stereocenters. The summed E-state index contributed by atoms with van der Waals surface area (Å²) < 4.78 is 0. The molecule has 0 saturated heterocycles. The quantitative estimate of drug-likeness (QED) is 0.363. The van der Waals surface area contributed by atoms with Gasteiger partial charge in [0.1, 0.15) is 0 Å². The van der Waals surface area contributed by atoms with E-state index in [9.17, 15) is 0 Å². The maximum Gasteiger partial charge on any atom is 0.0314 e. The van der Waals surface area contributed by atoms with Crippen LogP contribution in [0.2, 0.25) is 0 Å². The van der Waals surface area contributed by atoms with Gasteiger partial charge in [0.05, 0.1) is 0 Å². The summed E-state index contributed by atoms with van der Waals surface area (Å²) >= 11 is 0. The number of unbranched alkanes of at least 4 members (excludes halogenated alkanes) is 2. The topological polar surface area (TPSA) is 26.0 Å². The second-order valence-electron chi connectivity index (χ2n) is 7.05. The molecule has 3 unspecified atom stereocenters. The van der Waals surface area contributed by atoms with Crippen molar-refractivity contribution in [2.45, 2.75) is 44.9 Å². The molecule has 1 nitrogen and oxygen atoms in total. The summed E-state index contributed by atoms with van der Waals surface area (Å²) in [5.41, 5.74) is 11.7. The third-order valence-corrected chi connectivity index (χ3v) is 5.42. The van der Waals surface area contributed by atoms with Gasteiger partial charge in [-0.2, -0.15) is 0 Å². The maximum atomic E-state index is 5.92. The third kappa shape index (κ3) is 5.44. The van der Waals surface area contributed by atoms with E-state index in [2.05, 4.69) is 71.8 Å². The van der Waals surface area contributed by atoms with Crippen LogP contribution in [-0.4, -0.2) is 6.16 Å². The highest BCUT2D eigenvalue weighted by molar-refractivity contribution is 7.16. The molecule has 0 bridgehead atoms. The van der Waals surface area contributed by atoms with Crippen molar-refractivity contribution in [1.29, 1.82) is 0 Å². The molecule has 25 heavy (non-hydrogen) atoms. The zero-order valence-corrected chi connectivity index (χ0v) is 16.7. The van der Waals surface area contributed by atoms with Gasteiger partial charge in [0.15, 0.2) is 0 Å². The van der Waals surface area contributed by atoms with Crippen molar-refractivity contribution in [2.75, 3.05) is 6.16 Å². The molecular weight excluding hydrogens is 321 g/mol. The van der Waals surface area contributed by atoms with Crippen molar-refractivity contribution in [3.8, 4) is 0 Å². The highest BCUT2D eigenvalue weighted by Crippen LogP contribution is 2.38. The largest absolute Gasteiger partial charge is 0.399 e. The van der Waals surface area contributed by atoms with E-state index in [-0.39, 0.29) is 0 Å². The second kappa shape index (κ2) is 9.78. The van der Waals surface area contributed by atoms with Gasteiger partial charge < -0.3 is 5.73 Å². The number of nitrogens with two attached hydrogens (primary N) is 1. The Bertz CT molecular complexity index is 669. The predicted octanol–water partition coefficient (Wildman–Crippen LogP) is 6.00. The minimum absolute atomic E-state index is 0.363. The van der Waals surface area contributed by atoms with E-state index < -0.39 is 0 Å². The van der Waals surface area contributed by atoms with Crippen molar-refractivity contribution in [1.82, 2.24) is 0 Å². The molecule has 1 aromatic rings. The van der Waals surface area contributed by atoms with Crippen LogP contribution in [0.15, 0.2) is 61.2 Å². The van der Waals surface area contributed by atoms with E-state index in [4.69, 9.17) is 5.73 Å². The molecule has 0 saturated carbocycles. The minimum Gasteiger partial charge on any atom is -0.399 e. The number of hydrogen-bond donors (Lipinski definition) is 1. The molecule has 134 valence electrons. The highest BCUT2D eigenvalue weighted by atomic mass is 31.0. The monoisotopic (exact) mass is 353 g/mol. The van der Waals surface area contributed by atoms with Gasteiger partial charge in [-0.3, -0.25) is 0 Å². The molecule has 0 heterocycles. The van der Waals surface area contributed by atoms with E-state index in [1.54, 1.807) is 0 Å². The lowest BCUT2D eigenvalue weighted by molar-refractivity contribution is 0.576. The van der Waals surface area contributed by atoms with Crippen LogP contribution in [-0.2, 0) is 6.42 Å². The second-order valence-corrected chi connectivity index (χ2v) is 7.63. The van der Waals surface area contributed by atoms with Crippen molar-refractivity contribution >= 4 is 14.9 Å². The van der Waals surface area contributed by atoms with Crippen molar-refractivity contribution in [2.24, 2.45) is 11.7 Å². The zero-order valence-electron chi connectivity index (χ0n) is 15.5. The molecule has 2 rings (SSSR count). The van der Waals surface area contributed by atoms with Crippen LogP contribution in [0.1, 0.15) is 55.2 Å². The summed E-state index contributed by atoms with van der Waals surface area (Å²) in [6.45, 7) is 10.7. The number of rotatable bonds is 7. The van der Waals surface area contributed by atoms with Crippen LogP contribution in [0.25, 0.3) is 5.70 Å². The minimum atomic E-state index is 0.363. The first-order valence-corrected chi connectivity index (χ1v) is 10.1. The van der Waals surface area contributed by atoms with Gasteiger partial charge in [-0.25, -0.2) is 0 Å². The Labute approximate surface area is 156 Å². The van der Waals surface area contributed by atoms with Crippen molar-refractivity contribution in [3.63, 3.8) is 0 Å². The normalized spacial score (nSPS) is 22.2. The number of fused-ring (bicyclic) bond motifs is 1. The molecule has 0 fully saturated rings. The van der Waals surface area contributed by atoms with E-state index >= 15 is 0 Å². The van der Waals surface area contributed by atoms with E-state index in [0.717, 1.165) is 18.4 Å². The lowest BCUT2D eigenvalue weighted by Gasteiger charge is -2.27. The smallest absolute Gasteiger partial charge is 0.0314 e. The van der Waals surface area contributed by atoms with Crippen LogP contribution in [0.4, 0.5) is 0 Å². The summed E-state index contributed by atoms with van der Waals surface area (Å²) in [6, 6.07) is 6.55. The molecule has 0 spiro atoms.